The molecule has 2 atom stereocenters. The summed E-state index contributed by atoms with van der Waals surface area (Å²) in [6, 6.07) is 9.93. The molecule has 2 unspecified atom stereocenters. The molecule has 2 saturated heterocycles. The molecule has 1 aromatic rings. The van der Waals surface area contributed by atoms with Crippen molar-refractivity contribution in [3.05, 3.63) is 35.9 Å². The van der Waals surface area contributed by atoms with E-state index in [1.165, 1.54) is 0 Å². The second kappa shape index (κ2) is 9.89. The lowest BCUT2D eigenvalue weighted by Gasteiger charge is -2.31. The summed E-state index contributed by atoms with van der Waals surface area (Å²) in [6.07, 6.45) is 2.13. The summed E-state index contributed by atoms with van der Waals surface area (Å²) in [5.74, 6) is 0.548. The number of nitrogens with one attached hydrogen (secondary N) is 2. The zero-order valence-electron chi connectivity index (χ0n) is 16.9. The van der Waals surface area contributed by atoms with E-state index in [2.05, 4.69) is 22.5 Å². The third-order valence-corrected chi connectivity index (χ3v) is 5.45. The minimum absolute atomic E-state index is 0.128. The number of amides is 1. The number of hydrogen-bond acceptors (Lipinski definition) is 4. The van der Waals surface area contributed by atoms with Crippen LogP contribution in [0.5, 0.6) is 0 Å². The van der Waals surface area contributed by atoms with Crippen LogP contribution in [-0.2, 0) is 14.3 Å². The number of benzene rings is 1. The summed E-state index contributed by atoms with van der Waals surface area (Å²) in [7, 11) is 1.74. The van der Waals surface area contributed by atoms with E-state index in [0.29, 0.717) is 45.4 Å². The molecule has 7 heteroatoms. The molecule has 2 N–H and O–H groups in total. The van der Waals surface area contributed by atoms with E-state index in [1.807, 2.05) is 35.2 Å². The zero-order chi connectivity index (χ0) is 19.8. The molecule has 2 aliphatic heterocycles. The van der Waals surface area contributed by atoms with Crippen molar-refractivity contribution >= 4 is 11.9 Å². The topological polar surface area (TPSA) is 75.2 Å². The fourth-order valence-corrected chi connectivity index (χ4v) is 3.70. The van der Waals surface area contributed by atoms with Gasteiger partial charge in [0.2, 0.25) is 5.91 Å². The monoisotopic (exact) mass is 388 g/mol. The normalized spacial score (nSPS) is 24.1. The van der Waals surface area contributed by atoms with Crippen molar-refractivity contribution < 1.29 is 14.3 Å². The summed E-state index contributed by atoms with van der Waals surface area (Å²) >= 11 is 0. The maximum atomic E-state index is 13.2. The zero-order valence-corrected chi connectivity index (χ0v) is 16.9. The number of guanidine groups is 1. The smallest absolute Gasteiger partial charge is 0.232 e. The molecular formula is C21H32N4O3. The van der Waals surface area contributed by atoms with Crippen LogP contribution in [0.25, 0.3) is 0 Å². The molecule has 0 spiro atoms. The van der Waals surface area contributed by atoms with E-state index in [0.717, 1.165) is 25.0 Å². The molecule has 1 amide bonds. The third kappa shape index (κ3) is 5.45. The molecule has 0 radical (unpaired) electrons. The maximum Gasteiger partial charge on any atom is 0.232 e. The van der Waals surface area contributed by atoms with Gasteiger partial charge in [0.25, 0.3) is 0 Å². The first-order chi connectivity index (χ1) is 13.6. The molecule has 0 saturated carbocycles. The SMILES string of the molecule is CN=C(NCC(C(=O)N1CCOCC1)c1ccccc1)NCC1(C)CCCO1. The summed E-state index contributed by atoms with van der Waals surface area (Å²) in [6.45, 7) is 6.60. The standard InChI is InChI=1S/C21H32N4O3/c1-21(9-6-12-28-21)16-24-20(22-2)23-15-18(17-7-4-3-5-8-17)19(26)25-10-13-27-14-11-25/h3-5,7-8,18H,6,9-16H2,1-2H3,(H2,22,23,24). The lowest BCUT2D eigenvalue weighted by atomic mass is 9.97. The Morgan fingerprint density at radius 3 is 2.61 bits per heavy atom. The van der Waals surface area contributed by atoms with Gasteiger partial charge >= 0.3 is 0 Å². The lowest BCUT2D eigenvalue weighted by Crippen LogP contribution is -2.49. The van der Waals surface area contributed by atoms with Crippen LogP contribution in [0.4, 0.5) is 0 Å². The van der Waals surface area contributed by atoms with Crippen molar-refractivity contribution in [2.75, 3.05) is 53.0 Å². The summed E-state index contributed by atoms with van der Waals surface area (Å²) < 4.78 is 11.2. The van der Waals surface area contributed by atoms with Crippen LogP contribution in [0, 0.1) is 0 Å². The Labute approximate surface area is 167 Å². The number of nitrogens with zero attached hydrogens (tertiary/aromatic N) is 2. The maximum absolute atomic E-state index is 13.2. The molecule has 2 heterocycles. The first-order valence-corrected chi connectivity index (χ1v) is 10.1. The van der Waals surface area contributed by atoms with Crippen LogP contribution < -0.4 is 10.6 Å². The van der Waals surface area contributed by atoms with Crippen molar-refractivity contribution in [1.82, 2.24) is 15.5 Å². The van der Waals surface area contributed by atoms with Crippen LogP contribution >= 0.6 is 0 Å². The second-order valence-corrected chi connectivity index (χ2v) is 7.61. The number of hydrogen-bond donors (Lipinski definition) is 2. The molecule has 0 aromatic heterocycles. The van der Waals surface area contributed by atoms with Crippen molar-refractivity contribution in [2.45, 2.75) is 31.3 Å². The Bertz CT molecular complexity index is 653. The highest BCUT2D eigenvalue weighted by molar-refractivity contribution is 5.86. The summed E-state index contributed by atoms with van der Waals surface area (Å²) in [5, 5.41) is 6.68. The molecule has 3 rings (SSSR count). The molecule has 28 heavy (non-hydrogen) atoms. The van der Waals surface area contributed by atoms with Gasteiger partial charge in [-0.2, -0.15) is 0 Å². The number of aliphatic imine (C=N–C) groups is 1. The van der Waals surface area contributed by atoms with E-state index in [-0.39, 0.29) is 17.4 Å². The summed E-state index contributed by atoms with van der Waals surface area (Å²) in [5.41, 5.74) is 0.855. The van der Waals surface area contributed by atoms with Crippen molar-refractivity contribution in [3.8, 4) is 0 Å². The number of carbonyl (C=O) groups is 1. The average molecular weight is 389 g/mol. The van der Waals surface area contributed by atoms with Gasteiger partial charge in [-0.25, -0.2) is 0 Å². The van der Waals surface area contributed by atoms with Crippen molar-refractivity contribution in [2.24, 2.45) is 4.99 Å². The quantitative estimate of drug-likeness (QED) is 0.569. The lowest BCUT2D eigenvalue weighted by molar-refractivity contribution is -0.136. The number of ether oxygens (including phenoxy) is 2. The summed E-state index contributed by atoms with van der Waals surface area (Å²) in [4.78, 5) is 19.4. The second-order valence-electron chi connectivity index (χ2n) is 7.61. The van der Waals surface area contributed by atoms with Gasteiger partial charge < -0.3 is 25.0 Å². The van der Waals surface area contributed by atoms with Gasteiger partial charge in [-0.3, -0.25) is 9.79 Å². The number of morpholine rings is 1. The molecule has 0 aliphatic carbocycles. The molecule has 7 nitrogen and oxygen atoms in total. The highest BCUT2D eigenvalue weighted by atomic mass is 16.5. The van der Waals surface area contributed by atoms with Gasteiger partial charge in [0.05, 0.1) is 24.7 Å². The van der Waals surface area contributed by atoms with E-state index in [4.69, 9.17) is 9.47 Å². The predicted molar refractivity (Wildman–Crippen MR) is 110 cm³/mol. The number of carbonyl (C=O) groups excluding carboxylic acids is 1. The van der Waals surface area contributed by atoms with E-state index < -0.39 is 0 Å². The van der Waals surface area contributed by atoms with Crippen molar-refractivity contribution in [3.63, 3.8) is 0 Å². The van der Waals surface area contributed by atoms with Crippen LogP contribution in [0.1, 0.15) is 31.2 Å². The predicted octanol–water partition coefficient (Wildman–Crippen LogP) is 1.36. The van der Waals surface area contributed by atoms with E-state index in [1.54, 1.807) is 7.05 Å². The number of rotatable bonds is 6. The van der Waals surface area contributed by atoms with Crippen LogP contribution in [0.15, 0.2) is 35.3 Å². The molecule has 2 fully saturated rings. The Hall–Kier alpha value is -2.12. The highest BCUT2D eigenvalue weighted by Gasteiger charge is 2.30. The van der Waals surface area contributed by atoms with Gasteiger partial charge in [0.15, 0.2) is 5.96 Å². The van der Waals surface area contributed by atoms with Crippen LogP contribution in [0.3, 0.4) is 0 Å². The molecule has 154 valence electrons. The van der Waals surface area contributed by atoms with E-state index in [9.17, 15) is 4.79 Å². The Morgan fingerprint density at radius 1 is 1.21 bits per heavy atom. The minimum atomic E-state index is -0.267. The Morgan fingerprint density at radius 2 is 1.96 bits per heavy atom. The fraction of sp³-hybridized carbons (Fsp3) is 0.619. The molecule has 0 bridgehead atoms. The third-order valence-electron chi connectivity index (χ3n) is 5.45. The van der Waals surface area contributed by atoms with Crippen molar-refractivity contribution in [1.29, 1.82) is 0 Å². The average Bonchev–Trinajstić information content (AvgIpc) is 3.18. The van der Waals surface area contributed by atoms with Crippen LogP contribution in [0.2, 0.25) is 0 Å². The Kier molecular flexibility index (Phi) is 7.28. The van der Waals surface area contributed by atoms with Gasteiger partial charge in [-0.15, -0.1) is 0 Å². The van der Waals surface area contributed by atoms with Gasteiger partial charge in [0.1, 0.15) is 0 Å². The Balaban J connectivity index is 1.62. The molecule has 2 aliphatic rings. The fourth-order valence-electron chi connectivity index (χ4n) is 3.70. The molecular weight excluding hydrogens is 356 g/mol. The highest BCUT2D eigenvalue weighted by Crippen LogP contribution is 2.24. The first kappa shape index (κ1) is 20.6. The van der Waals surface area contributed by atoms with E-state index >= 15 is 0 Å². The molecule has 1 aromatic carbocycles. The minimum Gasteiger partial charge on any atom is -0.378 e. The van der Waals surface area contributed by atoms with Gasteiger partial charge in [-0.1, -0.05) is 30.3 Å². The van der Waals surface area contributed by atoms with Gasteiger partial charge in [0, 0.05) is 39.8 Å². The van der Waals surface area contributed by atoms with Crippen LogP contribution in [-0.4, -0.2) is 75.4 Å². The van der Waals surface area contributed by atoms with Gasteiger partial charge in [-0.05, 0) is 25.3 Å². The largest absolute Gasteiger partial charge is 0.378 e. The first-order valence-electron chi connectivity index (χ1n) is 10.1.